The number of likely N-dealkylation sites (N-methyl/N-ethyl adjacent to an activating group) is 1. The maximum absolute atomic E-state index is 10.6. The van der Waals surface area contributed by atoms with Crippen molar-refractivity contribution in [2.75, 3.05) is 43.6 Å². The molecule has 0 unspecified atom stereocenters. The van der Waals surface area contributed by atoms with Crippen LogP contribution in [0.4, 0.5) is 11.6 Å². The number of hydrogen-bond acceptors (Lipinski definition) is 6. The van der Waals surface area contributed by atoms with Gasteiger partial charge in [0, 0.05) is 46.2 Å². The Balaban J connectivity index is 2.12. The van der Waals surface area contributed by atoms with Crippen LogP contribution in [0.3, 0.4) is 0 Å². The minimum atomic E-state index is -0.713. The molecule has 6 nitrogen and oxygen atoms in total. The summed E-state index contributed by atoms with van der Waals surface area (Å²) >= 11 is 3.53. The summed E-state index contributed by atoms with van der Waals surface area (Å²) in [6, 6.07) is 0. The summed E-state index contributed by atoms with van der Waals surface area (Å²) in [5.74, 6) is 1.54. The molecule has 1 saturated heterocycles. The van der Waals surface area contributed by atoms with Crippen LogP contribution in [0.25, 0.3) is 0 Å². The third-order valence-electron chi connectivity index (χ3n) is 3.43. The van der Waals surface area contributed by atoms with Crippen LogP contribution in [-0.4, -0.2) is 54.0 Å². The van der Waals surface area contributed by atoms with E-state index >= 15 is 0 Å². The Kier molecular flexibility index (Phi) is 5.17. The quantitative estimate of drug-likeness (QED) is 0.846. The van der Waals surface area contributed by atoms with Gasteiger partial charge in [-0.05, 0) is 22.9 Å². The third kappa shape index (κ3) is 3.59. The molecule has 1 fully saturated rings. The highest BCUT2D eigenvalue weighted by Gasteiger charge is 2.32. The molecule has 2 N–H and O–H groups in total. The van der Waals surface area contributed by atoms with Gasteiger partial charge >= 0.3 is 0 Å². The number of ether oxygens (including phenoxy) is 1. The van der Waals surface area contributed by atoms with Gasteiger partial charge in [-0.15, -0.1) is 0 Å². The monoisotopic (exact) mass is 344 g/mol. The van der Waals surface area contributed by atoms with E-state index < -0.39 is 5.60 Å². The second kappa shape index (κ2) is 6.69. The van der Waals surface area contributed by atoms with Crippen LogP contribution in [0.15, 0.2) is 10.8 Å². The van der Waals surface area contributed by atoms with E-state index in [4.69, 9.17) is 4.74 Å². The molecule has 0 bridgehead atoms. The van der Waals surface area contributed by atoms with Crippen molar-refractivity contribution in [3.63, 3.8) is 0 Å². The fourth-order valence-electron chi connectivity index (χ4n) is 2.34. The highest BCUT2D eigenvalue weighted by molar-refractivity contribution is 9.10. The van der Waals surface area contributed by atoms with Crippen molar-refractivity contribution in [2.24, 2.45) is 0 Å². The van der Waals surface area contributed by atoms with Gasteiger partial charge < -0.3 is 20.1 Å². The molecule has 0 amide bonds. The van der Waals surface area contributed by atoms with Gasteiger partial charge in [0.1, 0.15) is 22.4 Å². The molecule has 1 aliphatic rings. The van der Waals surface area contributed by atoms with E-state index in [0.717, 1.165) is 22.7 Å². The van der Waals surface area contributed by atoms with Crippen LogP contribution >= 0.6 is 15.9 Å². The molecule has 1 aromatic heterocycles. The summed E-state index contributed by atoms with van der Waals surface area (Å²) < 4.78 is 6.12. The van der Waals surface area contributed by atoms with E-state index in [2.05, 4.69) is 31.2 Å². The number of anilines is 2. The lowest BCUT2D eigenvalue weighted by Gasteiger charge is -2.36. The lowest BCUT2D eigenvalue weighted by molar-refractivity contribution is -0.0573. The van der Waals surface area contributed by atoms with E-state index in [0.29, 0.717) is 32.6 Å². The van der Waals surface area contributed by atoms with E-state index in [9.17, 15) is 5.11 Å². The zero-order valence-electron chi connectivity index (χ0n) is 11.9. The molecule has 1 aromatic rings. The molecular weight excluding hydrogens is 324 g/mol. The molecule has 0 radical (unpaired) electrons. The van der Waals surface area contributed by atoms with Crippen molar-refractivity contribution in [1.82, 2.24) is 9.97 Å². The highest BCUT2D eigenvalue weighted by Crippen LogP contribution is 2.31. The minimum Gasteiger partial charge on any atom is -0.388 e. The second-order valence-electron chi connectivity index (χ2n) is 5.08. The van der Waals surface area contributed by atoms with Gasteiger partial charge in [0.25, 0.3) is 0 Å². The van der Waals surface area contributed by atoms with E-state index in [1.807, 2.05) is 18.9 Å². The van der Waals surface area contributed by atoms with Crippen molar-refractivity contribution in [1.29, 1.82) is 0 Å². The zero-order valence-corrected chi connectivity index (χ0v) is 13.5. The van der Waals surface area contributed by atoms with Crippen LogP contribution in [0.5, 0.6) is 0 Å². The van der Waals surface area contributed by atoms with Crippen LogP contribution in [-0.2, 0) is 4.74 Å². The van der Waals surface area contributed by atoms with Gasteiger partial charge in [-0.25, -0.2) is 9.97 Å². The predicted molar refractivity (Wildman–Crippen MR) is 82.2 cm³/mol. The largest absolute Gasteiger partial charge is 0.388 e. The second-order valence-corrected chi connectivity index (χ2v) is 5.88. The normalized spacial score (nSPS) is 17.8. The van der Waals surface area contributed by atoms with Gasteiger partial charge in [0.15, 0.2) is 0 Å². The third-order valence-corrected chi connectivity index (χ3v) is 4.16. The molecular formula is C13H21BrN4O2. The topological polar surface area (TPSA) is 70.5 Å². The Labute approximate surface area is 127 Å². The van der Waals surface area contributed by atoms with Gasteiger partial charge in [0.05, 0.1) is 5.60 Å². The van der Waals surface area contributed by atoms with Crippen LogP contribution in [0.1, 0.15) is 19.8 Å². The van der Waals surface area contributed by atoms with Crippen molar-refractivity contribution >= 4 is 27.6 Å². The first-order chi connectivity index (χ1) is 9.56. The molecule has 0 aliphatic carbocycles. The van der Waals surface area contributed by atoms with Gasteiger partial charge in [0.2, 0.25) is 0 Å². The van der Waals surface area contributed by atoms with Gasteiger partial charge in [-0.1, -0.05) is 0 Å². The number of aromatic nitrogens is 2. The van der Waals surface area contributed by atoms with Crippen molar-refractivity contribution in [3.05, 3.63) is 10.8 Å². The average Bonchev–Trinajstić information content (AvgIpc) is 2.41. The maximum atomic E-state index is 10.6. The molecule has 2 heterocycles. The molecule has 0 spiro atoms. The summed E-state index contributed by atoms with van der Waals surface area (Å²) in [5, 5.41) is 13.7. The summed E-state index contributed by atoms with van der Waals surface area (Å²) in [5.41, 5.74) is -0.713. The minimum absolute atomic E-state index is 0.525. The van der Waals surface area contributed by atoms with Crippen LogP contribution in [0, 0.1) is 0 Å². The molecule has 7 heteroatoms. The van der Waals surface area contributed by atoms with Crippen molar-refractivity contribution in [3.8, 4) is 0 Å². The van der Waals surface area contributed by atoms with E-state index in [-0.39, 0.29) is 0 Å². The predicted octanol–water partition coefficient (Wildman–Crippen LogP) is 1.65. The molecule has 20 heavy (non-hydrogen) atoms. The lowest BCUT2D eigenvalue weighted by atomic mass is 9.94. The Morgan fingerprint density at radius 2 is 2.15 bits per heavy atom. The fraction of sp³-hybridized carbons (Fsp3) is 0.692. The number of rotatable bonds is 5. The maximum Gasteiger partial charge on any atom is 0.148 e. The Hall–Kier alpha value is -0.920. The van der Waals surface area contributed by atoms with E-state index in [1.165, 1.54) is 6.33 Å². The first-order valence-corrected chi connectivity index (χ1v) is 7.60. The Morgan fingerprint density at radius 1 is 1.45 bits per heavy atom. The standard InChI is InChI=1S/C13H21BrN4O2/c1-3-15-11-10(14)12(17-9-16-11)18(2)8-13(19)4-6-20-7-5-13/h9,19H,3-8H2,1-2H3,(H,15,16,17). The van der Waals surface area contributed by atoms with Crippen molar-refractivity contribution < 1.29 is 9.84 Å². The SMILES string of the molecule is CCNc1ncnc(N(C)CC2(O)CCOCC2)c1Br. The zero-order chi connectivity index (χ0) is 14.6. The molecule has 0 atom stereocenters. The van der Waals surface area contributed by atoms with Crippen LogP contribution < -0.4 is 10.2 Å². The number of nitrogens with one attached hydrogen (secondary N) is 1. The average molecular weight is 345 g/mol. The summed E-state index contributed by atoms with van der Waals surface area (Å²) in [7, 11) is 1.93. The summed E-state index contributed by atoms with van der Waals surface area (Å²) in [6.45, 7) is 4.55. The van der Waals surface area contributed by atoms with Crippen LogP contribution in [0.2, 0.25) is 0 Å². The number of hydrogen-bond donors (Lipinski definition) is 2. The summed E-state index contributed by atoms with van der Waals surface area (Å²) in [4.78, 5) is 10.5. The highest BCUT2D eigenvalue weighted by atomic mass is 79.9. The number of nitrogens with zero attached hydrogens (tertiary/aromatic N) is 3. The fourth-order valence-corrected chi connectivity index (χ4v) is 2.99. The van der Waals surface area contributed by atoms with Gasteiger partial charge in [-0.2, -0.15) is 0 Å². The van der Waals surface area contributed by atoms with E-state index in [1.54, 1.807) is 0 Å². The molecule has 0 saturated carbocycles. The Bertz CT molecular complexity index is 452. The van der Waals surface area contributed by atoms with Gasteiger partial charge in [-0.3, -0.25) is 0 Å². The first-order valence-electron chi connectivity index (χ1n) is 6.81. The summed E-state index contributed by atoms with van der Waals surface area (Å²) in [6.07, 6.45) is 2.84. The van der Waals surface area contributed by atoms with Crippen molar-refractivity contribution in [2.45, 2.75) is 25.4 Å². The molecule has 112 valence electrons. The number of aliphatic hydroxyl groups is 1. The smallest absolute Gasteiger partial charge is 0.148 e. The molecule has 2 rings (SSSR count). The lowest BCUT2D eigenvalue weighted by Crippen LogP contribution is -2.46. The molecule has 1 aliphatic heterocycles. The Morgan fingerprint density at radius 3 is 2.80 bits per heavy atom. The first kappa shape index (κ1) is 15.5. The molecule has 0 aromatic carbocycles. The number of halogens is 1.